The van der Waals surface area contributed by atoms with Gasteiger partial charge in [0.05, 0.1) is 45.3 Å². The zero-order valence-electron chi connectivity index (χ0n) is 24.2. The van der Waals surface area contributed by atoms with Gasteiger partial charge in [0.1, 0.15) is 22.8 Å². The Hall–Kier alpha value is -4.09. The Balaban J connectivity index is 1.44. The van der Waals surface area contributed by atoms with Crippen molar-refractivity contribution in [3.8, 4) is 11.5 Å². The van der Waals surface area contributed by atoms with Crippen LogP contribution in [0, 0.1) is 0 Å². The molecule has 5 rings (SSSR count). The minimum Gasteiger partial charge on any atom is -0.497 e. The summed E-state index contributed by atoms with van der Waals surface area (Å²) in [5, 5.41) is 6.92. The number of anilines is 1. The number of furan rings is 1. The van der Waals surface area contributed by atoms with Crippen molar-refractivity contribution in [3.05, 3.63) is 78.3 Å². The lowest BCUT2D eigenvalue weighted by atomic mass is 9.84. The van der Waals surface area contributed by atoms with Crippen molar-refractivity contribution in [3.63, 3.8) is 0 Å². The van der Waals surface area contributed by atoms with E-state index in [0.29, 0.717) is 60.5 Å². The summed E-state index contributed by atoms with van der Waals surface area (Å²) in [6.07, 6.45) is 2.48. The van der Waals surface area contributed by atoms with Crippen molar-refractivity contribution in [2.45, 2.75) is 31.0 Å². The lowest BCUT2D eigenvalue weighted by Gasteiger charge is -2.47. The molecule has 2 saturated heterocycles. The highest BCUT2D eigenvalue weighted by Gasteiger charge is 2.49. The van der Waals surface area contributed by atoms with Crippen LogP contribution in [0.1, 0.15) is 30.2 Å². The third-order valence-corrected chi connectivity index (χ3v) is 8.50. The first kappa shape index (κ1) is 29.4. The molecule has 42 heavy (non-hydrogen) atoms. The van der Waals surface area contributed by atoms with Crippen LogP contribution in [0.25, 0.3) is 0 Å². The monoisotopic (exact) mass is 591 g/mol. The molecule has 2 aliphatic rings. The third kappa shape index (κ3) is 6.22. The fourth-order valence-electron chi connectivity index (χ4n) is 5.63. The molecule has 1 aromatic heterocycles. The number of rotatable bonds is 10. The third-order valence-electron chi connectivity index (χ3n) is 8.12. The molecule has 0 saturated carbocycles. The number of carbonyl (C=O) groups excluding carboxylic acids is 2. The van der Waals surface area contributed by atoms with E-state index in [9.17, 15) is 9.59 Å². The van der Waals surface area contributed by atoms with Crippen LogP contribution in [0.4, 0.5) is 5.69 Å². The number of amides is 2. The van der Waals surface area contributed by atoms with Crippen molar-refractivity contribution >= 4 is 34.8 Å². The van der Waals surface area contributed by atoms with Crippen molar-refractivity contribution < 1.29 is 23.5 Å². The standard InChI is InChI=1S/C31H37N5O5S/c1-34-15-13-31(14-16-34,29(38)32-25-12-11-23(39-2)18-27(25)40-3)36(19-24-10-7-17-41-24)28(37)21-35-20-26(33-30(35)42)22-8-5-4-6-9-22/h4-12,17-18,26H,13-16,19-21H2,1-3H3,(H,32,38)(H,33,42)/t26-/m0/s1. The van der Waals surface area contributed by atoms with Crippen LogP contribution in [0.15, 0.2) is 71.3 Å². The number of hydrogen-bond donors (Lipinski definition) is 2. The van der Waals surface area contributed by atoms with Crippen molar-refractivity contribution in [2.75, 3.05) is 52.8 Å². The van der Waals surface area contributed by atoms with Gasteiger partial charge < -0.3 is 39.2 Å². The van der Waals surface area contributed by atoms with E-state index in [4.69, 9.17) is 26.1 Å². The first-order valence-corrected chi connectivity index (χ1v) is 14.4. The van der Waals surface area contributed by atoms with Crippen LogP contribution < -0.4 is 20.1 Å². The molecule has 222 valence electrons. The van der Waals surface area contributed by atoms with E-state index in [0.717, 1.165) is 5.56 Å². The Morgan fingerprint density at radius 1 is 1.10 bits per heavy atom. The van der Waals surface area contributed by atoms with E-state index in [1.54, 1.807) is 42.5 Å². The van der Waals surface area contributed by atoms with Gasteiger partial charge in [0.25, 0.3) is 5.91 Å². The van der Waals surface area contributed by atoms with Gasteiger partial charge in [0.15, 0.2) is 5.11 Å². The second-order valence-electron chi connectivity index (χ2n) is 10.7. The molecule has 2 fully saturated rings. The summed E-state index contributed by atoms with van der Waals surface area (Å²) in [4.78, 5) is 34.3. The maximum Gasteiger partial charge on any atom is 0.250 e. The molecule has 0 unspecified atom stereocenters. The normalized spacial score (nSPS) is 18.3. The fraction of sp³-hybridized carbons (Fsp3) is 0.387. The number of nitrogens with zero attached hydrogens (tertiary/aromatic N) is 3. The average Bonchev–Trinajstić information content (AvgIpc) is 3.66. The van der Waals surface area contributed by atoms with Gasteiger partial charge in [0.2, 0.25) is 5.91 Å². The van der Waals surface area contributed by atoms with Crippen LogP contribution in [0.5, 0.6) is 11.5 Å². The van der Waals surface area contributed by atoms with E-state index in [1.165, 1.54) is 7.11 Å². The summed E-state index contributed by atoms with van der Waals surface area (Å²) in [5.41, 5.74) is 0.471. The number of carbonyl (C=O) groups is 2. The van der Waals surface area contributed by atoms with Crippen molar-refractivity contribution in [1.29, 1.82) is 0 Å². The molecule has 2 N–H and O–H groups in total. The maximum atomic E-state index is 14.3. The van der Waals surface area contributed by atoms with Crippen LogP contribution in [0.3, 0.4) is 0 Å². The molecule has 0 radical (unpaired) electrons. The summed E-state index contributed by atoms with van der Waals surface area (Å²) in [6.45, 7) is 2.03. The highest BCUT2D eigenvalue weighted by atomic mass is 32.1. The van der Waals surface area contributed by atoms with Gasteiger partial charge in [-0.15, -0.1) is 0 Å². The predicted molar refractivity (Wildman–Crippen MR) is 163 cm³/mol. The predicted octanol–water partition coefficient (Wildman–Crippen LogP) is 3.66. The molecule has 0 bridgehead atoms. The molecule has 10 nitrogen and oxygen atoms in total. The second-order valence-corrected chi connectivity index (χ2v) is 11.1. The highest BCUT2D eigenvalue weighted by Crippen LogP contribution is 2.35. The molecule has 3 heterocycles. The van der Waals surface area contributed by atoms with Crippen LogP contribution in [0.2, 0.25) is 0 Å². The number of hydrogen-bond acceptors (Lipinski definition) is 7. The van der Waals surface area contributed by atoms with E-state index < -0.39 is 5.54 Å². The van der Waals surface area contributed by atoms with Crippen molar-refractivity contribution in [2.24, 2.45) is 0 Å². The molecule has 0 spiro atoms. The van der Waals surface area contributed by atoms with E-state index in [-0.39, 0.29) is 30.9 Å². The number of ether oxygens (including phenoxy) is 2. The number of benzene rings is 2. The molecular formula is C31H37N5O5S. The first-order valence-electron chi connectivity index (χ1n) is 14.0. The highest BCUT2D eigenvalue weighted by molar-refractivity contribution is 7.80. The summed E-state index contributed by atoms with van der Waals surface area (Å²) in [5.74, 6) is 1.20. The van der Waals surface area contributed by atoms with Gasteiger partial charge >= 0.3 is 0 Å². The number of likely N-dealkylation sites (tertiary alicyclic amines) is 1. The molecule has 2 amide bonds. The topological polar surface area (TPSA) is 99.5 Å². The Morgan fingerprint density at radius 2 is 1.86 bits per heavy atom. The van der Waals surface area contributed by atoms with Crippen molar-refractivity contribution in [1.82, 2.24) is 20.0 Å². The van der Waals surface area contributed by atoms with Gasteiger partial charge in [-0.3, -0.25) is 9.59 Å². The van der Waals surface area contributed by atoms with Gasteiger partial charge in [-0.2, -0.15) is 0 Å². The Morgan fingerprint density at radius 3 is 2.52 bits per heavy atom. The fourth-order valence-corrected chi connectivity index (χ4v) is 5.91. The number of thiocarbonyl (C=S) groups is 1. The quantitative estimate of drug-likeness (QED) is 0.342. The Bertz CT molecular complexity index is 1390. The lowest BCUT2D eigenvalue weighted by molar-refractivity contribution is -0.150. The summed E-state index contributed by atoms with van der Waals surface area (Å²) in [6, 6.07) is 18.8. The molecule has 2 aliphatic heterocycles. The smallest absolute Gasteiger partial charge is 0.250 e. The molecule has 2 aromatic carbocycles. The molecule has 0 aliphatic carbocycles. The SMILES string of the molecule is COc1ccc(NC(=O)C2(N(Cc3ccco3)C(=O)CN3C[C@@H](c4ccccc4)NC3=S)CCN(C)CC2)c(OC)c1. The molecule has 1 atom stereocenters. The van der Waals surface area contributed by atoms with Crippen LogP contribution in [-0.2, 0) is 16.1 Å². The zero-order valence-corrected chi connectivity index (χ0v) is 25.0. The average molecular weight is 592 g/mol. The lowest BCUT2D eigenvalue weighted by Crippen LogP contribution is -2.64. The Kier molecular flexibility index (Phi) is 8.98. The van der Waals surface area contributed by atoms with E-state index in [2.05, 4.69) is 15.5 Å². The maximum absolute atomic E-state index is 14.3. The number of nitrogens with one attached hydrogen (secondary N) is 2. The first-order chi connectivity index (χ1) is 20.3. The Labute approximate surface area is 251 Å². The largest absolute Gasteiger partial charge is 0.497 e. The number of methoxy groups -OCH3 is 2. The minimum absolute atomic E-state index is 0.0202. The van der Waals surface area contributed by atoms with E-state index >= 15 is 0 Å². The summed E-state index contributed by atoms with van der Waals surface area (Å²) < 4.78 is 16.5. The molecule has 3 aromatic rings. The van der Waals surface area contributed by atoms with Gasteiger partial charge in [-0.25, -0.2) is 0 Å². The summed E-state index contributed by atoms with van der Waals surface area (Å²) in [7, 11) is 5.13. The van der Waals surface area contributed by atoms with Gasteiger partial charge in [-0.05, 0) is 61.9 Å². The van der Waals surface area contributed by atoms with Gasteiger partial charge in [-0.1, -0.05) is 30.3 Å². The van der Waals surface area contributed by atoms with Gasteiger partial charge in [0, 0.05) is 25.7 Å². The summed E-state index contributed by atoms with van der Waals surface area (Å²) >= 11 is 5.64. The molecular weight excluding hydrogens is 554 g/mol. The zero-order chi connectivity index (χ0) is 29.7. The second kappa shape index (κ2) is 12.8. The minimum atomic E-state index is -1.13. The van der Waals surface area contributed by atoms with Crippen LogP contribution >= 0.6 is 12.2 Å². The van der Waals surface area contributed by atoms with Crippen LogP contribution in [-0.4, -0.2) is 84.6 Å². The number of piperidine rings is 1. The molecule has 11 heteroatoms. The van der Waals surface area contributed by atoms with E-state index in [1.807, 2.05) is 48.3 Å².